The predicted octanol–water partition coefficient (Wildman–Crippen LogP) is 3.65. The first-order valence-electron chi connectivity index (χ1n) is 12.1. The fourth-order valence-corrected chi connectivity index (χ4v) is 5.42. The number of benzene rings is 1. The monoisotopic (exact) mass is 476 g/mol. The lowest BCUT2D eigenvalue weighted by molar-refractivity contribution is -0.136. The molecule has 2 atom stereocenters. The van der Waals surface area contributed by atoms with Gasteiger partial charge in [0.05, 0.1) is 30.8 Å². The van der Waals surface area contributed by atoms with Gasteiger partial charge in [-0.1, -0.05) is 0 Å². The van der Waals surface area contributed by atoms with Gasteiger partial charge in [-0.3, -0.25) is 14.7 Å². The number of rotatable bonds is 5. The van der Waals surface area contributed by atoms with E-state index in [0.29, 0.717) is 43.5 Å². The number of aromatic nitrogens is 1. The first-order chi connectivity index (χ1) is 16.3. The van der Waals surface area contributed by atoms with E-state index in [0.717, 1.165) is 37.8 Å². The van der Waals surface area contributed by atoms with Crippen LogP contribution in [0.4, 0.5) is 18.9 Å². The molecule has 1 amide bonds. The van der Waals surface area contributed by atoms with E-state index in [1.54, 1.807) is 18.2 Å². The number of piperidine rings is 1. The van der Waals surface area contributed by atoms with Crippen molar-refractivity contribution in [2.24, 2.45) is 11.8 Å². The van der Waals surface area contributed by atoms with Crippen LogP contribution in [0.15, 0.2) is 30.5 Å². The van der Waals surface area contributed by atoms with Crippen molar-refractivity contribution in [2.75, 3.05) is 57.9 Å². The van der Waals surface area contributed by atoms with E-state index in [-0.39, 0.29) is 17.5 Å². The average Bonchev–Trinajstić information content (AvgIpc) is 3.68. The molecule has 2 saturated heterocycles. The zero-order valence-electron chi connectivity index (χ0n) is 19.4. The number of anilines is 1. The van der Waals surface area contributed by atoms with Gasteiger partial charge >= 0.3 is 6.18 Å². The molecule has 2 aliphatic heterocycles. The zero-order chi connectivity index (χ0) is 23.9. The third-order valence-corrected chi connectivity index (χ3v) is 7.55. The van der Waals surface area contributed by atoms with Crippen LogP contribution in [-0.4, -0.2) is 79.7 Å². The van der Waals surface area contributed by atoms with Gasteiger partial charge in [-0.2, -0.15) is 13.2 Å². The molecule has 34 heavy (non-hydrogen) atoms. The molecule has 1 aliphatic carbocycles. The van der Waals surface area contributed by atoms with Gasteiger partial charge < -0.3 is 14.5 Å². The summed E-state index contributed by atoms with van der Waals surface area (Å²) in [6.45, 7) is 4.57. The molecule has 3 fully saturated rings. The average molecular weight is 477 g/mol. The highest BCUT2D eigenvalue weighted by atomic mass is 19.4. The number of alkyl halides is 3. The number of amides is 1. The number of hydrogen-bond donors (Lipinski definition) is 0. The van der Waals surface area contributed by atoms with Crippen LogP contribution in [0.25, 0.3) is 10.9 Å². The Hall–Kier alpha value is -2.39. The molecule has 0 unspecified atom stereocenters. The lowest BCUT2D eigenvalue weighted by Gasteiger charge is -2.43. The molecule has 1 aromatic heterocycles. The number of pyridine rings is 1. The van der Waals surface area contributed by atoms with Crippen molar-refractivity contribution in [3.05, 3.63) is 36.0 Å². The highest BCUT2D eigenvalue weighted by molar-refractivity contribution is 5.94. The number of likely N-dealkylation sites (N-methyl/N-ethyl adjacent to an activating group) is 1. The highest BCUT2D eigenvalue weighted by Crippen LogP contribution is 2.44. The molecule has 0 spiro atoms. The molecule has 3 aliphatic rings. The Labute approximate surface area is 197 Å². The summed E-state index contributed by atoms with van der Waals surface area (Å²) >= 11 is 0. The Bertz CT molecular complexity index is 1040. The van der Waals surface area contributed by atoms with E-state index >= 15 is 0 Å². The van der Waals surface area contributed by atoms with Gasteiger partial charge in [0.15, 0.2) is 0 Å². The molecule has 1 saturated carbocycles. The van der Waals surface area contributed by atoms with Crippen LogP contribution in [0.5, 0.6) is 0 Å². The standard InChI is InChI=1S/C25H31F3N4O2/c1-30(23(33)16-31-9-11-34-12-10-31)19-13-18(17-4-5-17)14-32(15-19)22-7-6-21(25(26,27)28)24-20(22)3-2-8-29-24/h2-3,6-8,17-19H,4-5,9-16H2,1H3/t18-,19+/m0/s1. The Morgan fingerprint density at radius 1 is 1.15 bits per heavy atom. The number of carbonyl (C=O) groups is 1. The molecule has 184 valence electrons. The second-order valence-corrected chi connectivity index (χ2v) is 9.81. The van der Waals surface area contributed by atoms with Gasteiger partial charge in [-0.05, 0) is 55.4 Å². The normalized spacial score (nSPS) is 24.4. The zero-order valence-corrected chi connectivity index (χ0v) is 19.4. The molecule has 5 rings (SSSR count). The van der Waals surface area contributed by atoms with Crippen molar-refractivity contribution < 1.29 is 22.7 Å². The van der Waals surface area contributed by atoms with Gasteiger partial charge in [0.25, 0.3) is 0 Å². The molecular formula is C25H31F3N4O2. The first-order valence-corrected chi connectivity index (χ1v) is 12.1. The van der Waals surface area contributed by atoms with Crippen LogP contribution < -0.4 is 4.90 Å². The summed E-state index contributed by atoms with van der Waals surface area (Å²) in [5.41, 5.74) is 0.0341. The summed E-state index contributed by atoms with van der Waals surface area (Å²) in [7, 11) is 1.87. The van der Waals surface area contributed by atoms with Gasteiger partial charge in [0, 0.05) is 56.5 Å². The van der Waals surface area contributed by atoms with Crippen LogP contribution in [-0.2, 0) is 15.7 Å². The van der Waals surface area contributed by atoms with Gasteiger partial charge in [0.2, 0.25) is 5.91 Å². The van der Waals surface area contributed by atoms with Crippen molar-refractivity contribution in [1.82, 2.24) is 14.8 Å². The maximum atomic E-state index is 13.6. The van der Waals surface area contributed by atoms with Gasteiger partial charge in [-0.15, -0.1) is 0 Å². The summed E-state index contributed by atoms with van der Waals surface area (Å²) in [5.74, 6) is 1.14. The molecule has 0 N–H and O–H groups in total. The Balaban J connectivity index is 1.41. The van der Waals surface area contributed by atoms with E-state index < -0.39 is 11.7 Å². The molecule has 9 heteroatoms. The van der Waals surface area contributed by atoms with Crippen LogP contribution >= 0.6 is 0 Å². The number of morpholine rings is 1. The highest BCUT2D eigenvalue weighted by Gasteiger charge is 2.40. The summed E-state index contributed by atoms with van der Waals surface area (Å²) < 4.78 is 46.2. The van der Waals surface area contributed by atoms with E-state index in [1.807, 2.05) is 11.9 Å². The number of hydrogen-bond acceptors (Lipinski definition) is 5. The molecule has 6 nitrogen and oxygen atoms in total. The number of halogens is 3. The summed E-state index contributed by atoms with van der Waals surface area (Å²) in [6, 6.07) is 6.14. The SMILES string of the molecule is CN(C(=O)CN1CCOCC1)[C@@H]1C[C@H](C2CC2)CN(c2ccc(C(F)(F)F)c3ncccc23)C1. The first kappa shape index (κ1) is 23.4. The maximum absolute atomic E-state index is 13.6. The molecule has 1 aromatic carbocycles. The molecule has 0 bridgehead atoms. The Kier molecular flexibility index (Phi) is 6.41. The minimum Gasteiger partial charge on any atom is -0.379 e. The van der Waals surface area contributed by atoms with Crippen LogP contribution in [0.1, 0.15) is 24.8 Å². The number of carbonyl (C=O) groups excluding carboxylic acids is 1. The van der Waals surface area contributed by atoms with Crippen molar-refractivity contribution in [2.45, 2.75) is 31.5 Å². The number of ether oxygens (including phenoxy) is 1. The van der Waals surface area contributed by atoms with E-state index in [9.17, 15) is 18.0 Å². The van der Waals surface area contributed by atoms with Crippen LogP contribution in [0.2, 0.25) is 0 Å². The smallest absolute Gasteiger partial charge is 0.379 e. The van der Waals surface area contributed by atoms with Gasteiger partial charge in [0.1, 0.15) is 0 Å². The quantitative estimate of drug-likeness (QED) is 0.660. The predicted molar refractivity (Wildman–Crippen MR) is 124 cm³/mol. The minimum atomic E-state index is -4.46. The van der Waals surface area contributed by atoms with Crippen molar-refractivity contribution in [1.29, 1.82) is 0 Å². The Morgan fingerprint density at radius 2 is 1.91 bits per heavy atom. The van der Waals surface area contributed by atoms with Crippen molar-refractivity contribution in [3.8, 4) is 0 Å². The molecule has 3 heterocycles. The third-order valence-electron chi connectivity index (χ3n) is 7.55. The topological polar surface area (TPSA) is 48.9 Å². The molecule has 2 aromatic rings. The maximum Gasteiger partial charge on any atom is 0.418 e. The van der Waals surface area contributed by atoms with Crippen LogP contribution in [0, 0.1) is 11.8 Å². The Morgan fingerprint density at radius 3 is 2.62 bits per heavy atom. The number of fused-ring (bicyclic) bond motifs is 1. The second kappa shape index (κ2) is 9.34. The molecule has 0 radical (unpaired) electrons. The largest absolute Gasteiger partial charge is 0.418 e. The lowest BCUT2D eigenvalue weighted by Crippen LogP contribution is -2.54. The van der Waals surface area contributed by atoms with E-state index in [2.05, 4.69) is 14.8 Å². The number of nitrogens with zero attached hydrogens (tertiary/aromatic N) is 4. The van der Waals surface area contributed by atoms with Crippen molar-refractivity contribution in [3.63, 3.8) is 0 Å². The van der Waals surface area contributed by atoms with Crippen LogP contribution in [0.3, 0.4) is 0 Å². The second-order valence-electron chi connectivity index (χ2n) is 9.81. The van der Waals surface area contributed by atoms with E-state index in [4.69, 9.17) is 4.74 Å². The van der Waals surface area contributed by atoms with E-state index in [1.165, 1.54) is 19.0 Å². The summed E-state index contributed by atoms with van der Waals surface area (Å²) in [6.07, 6.45) is 0.255. The fourth-order valence-electron chi connectivity index (χ4n) is 5.42. The lowest BCUT2D eigenvalue weighted by atomic mass is 9.88. The summed E-state index contributed by atoms with van der Waals surface area (Å²) in [5, 5.41) is 0.509. The van der Waals surface area contributed by atoms with Gasteiger partial charge in [-0.25, -0.2) is 0 Å². The van der Waals surface area contributed by atoms with Crippen molar-refractivity contribution >= 4 is 22.5 Å². The third kappa shape index (κ3) is 4.86. The summed E-state index contributed by atoms with van der Waals surface area (Å²) in [4.78, 5) is 23.4. The fraction of sp³-hybridized carbons (Fsp3) is 0.600. The minimum absolute atomic E-state index is 0.0157. The molecular weight excluding hydrogens is 445 g/mol.